The number of hydrogen-bond acceptors (Lipinski definition) is 3. The Hall–Kier alpha value is -0.940. The maximum absolute atomic E-state index is 13.3. The van der Waals surface area contributed by atoms with Gasteiger partial charge in [-0.25, -0.2) is 4.39 Å². The van der Waals surface area contributed by atoms with Gasteiger partial charge in [0.05, 0.1) is 15.6 Å². The summed E-state index contributed by atoms with van der Waals surface area (Å²) in [6.45, 7) is 4.48. The number of Topliss-reactive ketones (excluding diaryl/α,β-unsaturated/α-hetero) is 1. The Bertz CT molecular complexity index is 438. The molecule has 0 heterocycles. The molecule has 0 atom stereocenters. The van der Waals surface area contributed by atoms with Crippen molar-refractivity contribution in [2.45, 2.75) is 26.4 Å². The van der Waals surface area contributed by atoms with Gasteiger partial charge in [-0.3, -0.25) is 4.79 Å². The van der Waals surface area contributed by atoms with Gasteiger partial charge >= 0.3 is 0 Å². The van der Waals surface area contributed by atoms with Crippen LogP contribution in [0.15, 0.2) is 16.6 Å². The Morgan fingerprint density at radius 3 is 2.59 bits per heavy atom. The number of halogens is 2. The first-order chi connectivity index (χ1) is 7.70. The topological polar surface area (TPSA) is 46.5 Å². The van der Waals surface area contributed by atoms with Crippen molar-refractivity contribution in [3.8, 4) is 5.75 Å². The second-order valence-electron chi connectivity index (χ2n) is 4.42. The second kappa shape index (κ2) is 5.14. The number of hydrogen-bond donors (Lipinski definition) is 1. The lowest BCUT2D eigenvalue weighted by Gasteiger charge is -2.19. The van der Waals surface area contributed by atoms with Crippen molar-refractivity contribution < 1.29 is 19.0 Å². The molecule has 0 aliphatic carbocycles. The maximum Gasteiger partial charge on any atom is 0.163 e. The number of benzene rings is 1. The van der Waals surface area contributed by atoms with Gasteiger partial charge in [-0.1, -0.05) is 0 Å². The molecule has 0 aromatic heterocycles. The van der Waals surface area contributed by atoms with E-state index in [9.17, 15) is 14.3 Å². The minimum absolute atomic E-state index is 0.0195. The summed E-state index contributed by atoms with van der Waals surface area (Å²) >= 11 is 3.01. The van der Waals surface area contributed by atoms with Crippen molar-refractivity contribution in [1.29, 1.82) is 0 Å². The molecule has 1 aromatic carbocycles. The first-order valence-corrected chi connectivity index (χ1v) is 5.85. The van der Waals surface area contributed by atoms with Gasteiger partial charge in [-0.15, -0.1) is 0 Å². The Morgan fingerprint density at radius 2 is 2.12 bits per heavy atom. The average molecular weight is 305 g/mol. The molecule has 0 aliphatic rings. The van der Waals surface area contributed by atoms with E-state index in [1.807, 2.05) is 0 Å². The molecule has 1 rings (SSSR count). The molecule has 0 bridgehead atoms. The molecule has 0 spiro atoms. The smallest absolute Gasteiger partial charge is 0.163 e. The highest BCUT2D eigenvalue weighted by molar-refractivity contribution is 9.10. The molecule has 94 valence electrons. The van der Waals surface area contributed by atoms with E-state index >= 15 is 0 Å². The lowest BCUT2D eigenvalue weighted by atomic mass is 10.1. The Balaban J connectivity index is 3.05. The van der Waals surface area contributed by atoms with Crippen molar-refractivity contribution in [3.05, 3.63) is 28.0 Å². The summed E-state index contributed by atoms with van der Waals surface area (Å²) in [4.78, 5) is 11.4. The van der Waals surface area contributed by atoms with E-state index in [2.05, 4.69) is 15.9 Å². The van der Waals surface area contributed by atoms with Crippen LogP contribution < -0.4 is 4.74 Å². The van der Waals surface area contributed by atoms with Crippen LogP contribution >= 0.6 is 15.9 Å². The highest BCUT2D eigenvalue weighted by Crippen LogP contribution is 2.27. The molecule has 17 heavy (non-hydrogen) atoms. The quantitative estimate of drug-likeness (QED) is 0.870. The molecule has 0 aliphatic heterocycles. The van der Waals surface area contributed by atoms with Crippen molar-refractivity contribution in [3.63, 3.8) is 0 Å². The number of rotatable bonds is 4. The molecule has 1 aromatic rings. The zero-order chi connectivity index (χ0) is 13.2. The molecular weight excluding hydrogens is 291 g/mol. The largest absolute Gasteiger partial charge is 0.490 e. The molecule has 0 amide bonds. The van der Waals surface area contributed by atoms with Gasteiger partial charge in [0.1, 0.15) is 18.2 Å². The molecule has 0 unspecified atom stereocenters. The summed E-state index contributed by atoms with van der Waals surface area (Å²) in [6.07, 6.45) is 0. The van der Waals surface area contributed by atoms with Crippen LogP contribution in [0.2, 0.25) is 0 Å². The zero-order valence-corrected chi connectivity index (χ0v) is 11.5. The predicted octanol–water partition coefficient (Wildman–Crippen LogP) is 2.94. The highest BCUT2D eigenvalue weighted by atomic mass is 79.9. The average Bonchev–Trinajstić information content (AvgIpc) is 2.17. The van der Waals surface area contributed by atoms with Gasteiger partial charge in [0.25, 0.3) is 0 Å². The zero-order valence-electron chi connectivity index (χ0n) is 9.88. The second-order valence-corrected chi connectivity index (χ2v) is 5.27. The lowest BCUT2D eigenvalue weighted by molar-refractivity contribution is 0.0280. The Morgan fingerprint density at radius 1 is 1.53 bits per heavy atom. The van der Waals surface area contributed by atoms with Crippen molar-refractivity contribution in [2.24, 2.45) is 0 Å². The minimum atomic E-state index is -1.04. The van der Waals surface area contributed by atoms with E-state index in [0.29, 0.717) is 0 Å². The van der Waals surface area contributed by atoms with Gasteiger partial charge in [0, 0.05) is 6.07 Å². The first kappa shape index (κ1) is 14.1. The lowest BCUT2D eigenvalue weighted by Crippen LogP contribution is -2.28. The Kier molecular flexibility index (Phi) is 4.27. The van der Waals surface area contributed by atoms with E-state index in [1.165, 1.54) is 13.0 Å². The van der Waals surface area contributed by atoms with Gasteiger partial charge in [0.2, 0.25) is 0 Å². The summed E-state index contributed by atoms with van der Waals surface area (Å²) in [5, 5.41) is 9.52. The van der Waals surface area contributed by atoms with Gasteiger partial charge < -0.3 is 9.84 Å². The van der Waals surface area contributed by atoms with E-state index in [-0.39, 0.29) is 28.2 Å². The fourth-order valence-corrected chi connectivity index (χ4v) is 1.52. The van der Waals surface area contributed by atoms with Crippen LogP contribution in [-0.2, 0) is 0 Å². The summed E-state index contributed by atoms with van der Waals surface area (Å²) in [5.74, 6) is -0.600. The van der Waals surface area contributed by atoms with E-state index in [4.69, 9.17) is 4.74 Å². The fourth-order valence-electron chi connectivity index (χ4n) is 1.18. The van der Waals surface area contributed by atoms with Crippen LogP contribution in [0.1, 0.15) is 31.1 Å². The number of ether oxygens (including phenoxy) is 1. The van der Waals surface area contributed by atoms with E-state index in [0.717, 1.165) is 6.07 Å². The SMILES string of the molecule is CC(=O)c1cc(Br)c(F)cc1OCC(C)(C)O. The molecular formula is C12H14BrFO3. The molecule has 0 fully saturated rings. The van der Waals surface area contributed by atoms with Gasteiger partial charge in [0.15, 0.2) is 5.78 Å². The predicted molar refractivity (Wildman–Crippen MR) is 65.9 cm³/mol. The first-order valence-electron chi connectivity index (χ1n) is 5.06. The summed E-state index contributed by atoms with van der Waals surface area (Å²) in [5.41, 5.74) is -0.764. The van der Waals surface area contributed by atoms with Crippen LogP contribution in [-0.4, -0.2) is 23.1 Å². The van der Waals surface area contributed by atoms with Crippen molar-refractivity contribution in [1.82, 2.24) is 0 Å². The number of carbonyl (C=O) groups is 1. The van der Waals surface area contributed by atoms with Crippen LogP contribution in [0.25, 0.3) is 0 Å². The van der Waals surface area contributed by atoms with E-state index in [1.54, 1.807) is 13.8 Å². The third-order valence-electron chi connectivity index (χ3n) is 1.98. The summed E-state index contributed by atoms with van der Waals surface area (Å²) in [6, 6.07) is 2.50. The molecule has 1 N–H and O–H groups in total. The molecule has 0 saturated heterocycles. The summed E-state index contributed by atoms with van der Waals surface area (Å²) < 4.78 is 18.8. The third kappa shape index (κ3) is 4.09. The molecule has 0 saturated carbocycles. The standard InChI is InChI=1S/C12H14BrFO3/c1-7(15)8-4-9(13)10(14)5-11(8)17-6-12(2,3)16/h4-5,16H,6H2,1-3H3. The molecule has 0 radical (unpaired) electrons. The van der Waals surface area contributed by atoms with Crippen molar-refractivity contribution >= 4 is 21.7 Å². The van der Waals surface area contributed by atoms with Crippen LogP contribution in [0.5, 0.6) is 5.75 Å². The fraction of sp³-hybridized carbons (Fsp3) is 0.417. The highest BCUT2D eigenvalue weighted by Gasteiger charge is 2.17. The molecule has 3 nitrogen and oxygen atoms in total. The normalized spacial score (nSPS) is 11.4. The minimum Gasteiger partial charge on any atom is -0.490 e. The van der Waals surface area contributed by atoms with Gasteiger partial charge in [-0.05, 0) is 42.8 Å². The van der Waals surface area contributed by atoms with Gasteiger partial charge in [-0.2, -0.15) is 0 Å². The number of ketones is 1. The monoisotopic (exact) mass is 304 g/mol. The van der Waals surface area contributed by atoms with Crippen molar-refractivity contribution in [2.75, 3.05) is 6.61 Å². The number of carbonyl (C=O) groups excluding carboxylic acids is 1. The van der Waals surface area contributed by atoms with Crippen LogP contribution in [0.4, 0.5) is 4.39 Å². The molecule has 5 heteroatoms. The maximum atomic E-state index is 13.3. The van der Waals surface area contributed by atoms with Crippen LogP contribution in [0, 0.1) is 5.82 Å². The van der Waals surface area contributed by atoms with E-state index < -0.39 is 11.4 Å². The van der Waals surface area contributed by atoms with Crippen LogP contribution in [0.3, 0.4) is 0 Å². The Labute approximate surface area is 108 Å². The third-order valence-corrected chi connectivity index (χ3v) is 2.59. The summed E-state index contributed by atoms with van der Waals surface area (Å²) in [7, 11) is 0. The number of aliphatic hydroxyl groups is 1.